The van der Waals surface area contributed by atoms with E-state index in [9.17, 15) is 4.79 Å². The highest BCUT2D eigenvalue weighted by atomic mass is 127. The van der Waals surface area contributed by atoms with Crippen LogP contribution in [-0.2, 0) is 6.54 Å². The van der Waals surface area contributed by atoms with E-state index in [-0.39, 0.29) is 24.0 Å². The maximum absolute atomic E-state index is 10.9. The van der Waals surface area contributed by atoms with Crippen molar-refractivity contribution < 1.29 is 4.79 Å². The van der Waals surface area contributed by atoms with Crippen LogP contribution in [0.3, 0.4) is 0 Å². The molecular weight excluding hydrogens is 355 g/mol. The van der Waals surface area contributed by atoms with Crippen LogP contribution in [0.2, 0.25) is 0 Å². The van der Waals surface area contributed by atoms with E-state index in [1.807, 2.05) is 26.0 Å². The van der Waals surface area contributed by atoms with E-state index in [0.717, 1.165) is 24.6 Å². The quantitative estimate of drug-likeness (QED) is 0.414. The van der Waals surface area contributed by atoms with Crippen molar-refractivity contribution in [3.8, 4) is 0 Å². The van der Waals surface area contributed by atoms with Crippen LogP contribution in [0.5, 0.6) is 0 Å². The van der Waals surface area contributed by atoms with Crippen LogP contribution >= 0.6 is 24.0 Å². The highest BCUT2D eigenvalue weighted by molar-refractivity contribution is 14.0. The second kappa shape index (κ2) is 9.60. The smallest absolute Gasteiger partial charge is 0.248 e. The van der Waals surface area contributed by atoms with Gasteiger partial charge in [-0.3, -0.25) is 4.79 Å². The second-order valence-electron chi connectivity index (χ2n) is 3.79. The highest BCUT2D eigenvalue weighted by Crippen LogP contribution is 2.05. The van der Waals surface area contributed by atoms with E-state index in [1.165, 1.54) is 0 Å². The number of primary amides is 1. The number of benzene rings is 1. The lowest BCUT2D eigenvalue weighted by molar-refractivity contribution is 0.100. The molecule has 5 nitrogen and oxygen atoms in total. The van der Waals surface area contributed by atoms with Crippen LogP contribution < -0.4 is 16.4 Å². The van der Waals surface area contributed by atoms with Gasteiger partial charge in [0.15, 0.2) is 5.96 Å². The third kappa shape index (κ3) is 6.42. The predicted molar refractivity (Wildman–Crippen MR) is 88.9 cm³/mol. The second-order valence-corrected chi connectivity index (χ2v) is 3.79. The number of carbonyl (C=O) groups is 1. The molecule has 0 spiro atoms. The molecule has 0 bridgehead atoms. The summed E-state index contributed by atoms with van der Waals surface area (Å²) in [6.07, 6.45) is 0. The number of carbonyl (C=O) groups excluding carboxylic acids is 1. The molecule has 0 radical (unpaired) electrons. The molecule has 1 aromatic rings. The molecule has 0 heterocycles. The Balaban J connectivity index is 0.00000324. The van der Waals surface area contributed by atoms with Crippen molar-refractivity contribution in [1.82, 2.24) is 10.6 Å². The van der Waals surface area contributed by atoms with Crippen molar-refractivity contribution >= 4 is 35.8 Å². The molecule has 0 aliphatic heterocycles. The molecule has 0 aliphatic carbocycles. The van der Waals surface area contributed by atoms with E-state index in [0.29, 0.717) is 12.1 Å². The summed E-state index contributed by atoms with van der Waals surface area (Å²) in [5.41, 5.74) is 6.73. The minimum atomic E-state index is -0.411. The third-order valence-corrected chi connectivity index (χ3v) is 2.35. The largest absolute Gasteiger partial charge is 0.366 e. The summed E-state index contributed by atoms with van der Waals surface area (Å²) in [6.45, 7) is 6.26. The minimum Gasteiger partial charge on any atom is -0.366 e. The zero-order valence-corrected chi connectivity index (χ0v) is 13.6. The Hall–Kier alpha value is -1.31. The molecule has 0 aromatic heterocycles. The first-order chi connectivity index (χ1) is 8.67. The van der Waals surface area contributed by atoms with E-state index in [4.69, 9.17) is 5.73 Å². The molecule has 1 aromatic carbocycles. The minimum absolute atomic E-state index is 0. The maximum Gasteiger partial charge on any atom is 0.248 e. The fourth-order valence-corrected chi connectivity index (χ4v) is 1.45. The standard InChI is InChI=1S/C13H20N4O.HI/c1-3-15-13(16-4-2)17-9-10-5-7-11(8-6-10)12(14)18;/h5-8H,3-4,9H2,1-2H3,(H2,14,18)(H2,15,16,17);1H. The Morgan fingerprint density at radius 1 is 1.16 bits per heavy atom. The summed E-state index contributed by atoms with van der Waals surface area (Å²) in [5.74, 6) is 0.380. The molecule has 4 N–H and O–H groups in total. The van der Waals surface area contributed by atoms with Gasteiger partial charge in [0, 0.05) is 18.7 Å². The Kier molecular flexibility index (Phi) is 8.94. The third-order valence-electron chi connectivity index (χ3n) is 2.35. The molecule has 0 fully saturated rings. The van der Waals surface area contributed by atoms with Crippen molar-refractivity contribution in [2.24, 2.45) is 10.7 Å². The van der Waals surface area contributed by atoms with Crippen LogP contribution in [0.1, 0.15) is 29.8 Å². The number of rotatable bonds is 5. The Bertz CT molecular complexity index is 409. The van der Waals surface area contributed by atoms with Gasteiger partial charge in [-0.25, -0.2) is 4.99 Å². The highest BCUT2D eigenvalue weighted by Gasteiger charge is 2.00. The molecule has 19 heavy (non-hydrogen) atoms. The fraction of sp³-hybridized carbons (Fsp3) is 0.385. The monoisotopic (exact) mass is 376 g/mol. The first-order valence-corrected chi connectivity index (χ1v) is 6.08. The normalized spacial score (nSPS) is 9.16. The molecule has 0 saturated heterocycles. The Morgan fingerprint density at radius 2 is 1.68 bits per heavy atom. The molecule has 6 heteroatoms. The summed E-state index contributed by atoms with van der Waals surface area (Å²) in [5, 5.41) is 6.30. The average Bonchev–Trinajstić information content (AvgIpc) is 2.37. The lowest BCUT2D eigenvalue weighted by Gasteiger charge is -2.09. The number of nitrogens with one attached hydrogen (secondary N) is 2. The predicted octanol–water partition coefficient (Wildman–Crippen LogP) is 1.48. The zero-order valence-electron chi connectivity index (χ0n) is 11.3. The molecular formula is C13H21IN4O. The van der Waals surface area contributed by atoms with Gasteiger partial charge >= 0.3 is 0 Å². The lowest BCUT2D eigenvalue weighted by atomic mass is 10.1. The maximum atomic E-state index is 10.9. The molecule has 1 rings (SSSR count). The number of hydrogen-bond donors (Lipinski definition) is 3. The number of nitrogens with two attached hydrogens (primary N) is 1. The first-order valence-electron chi connectivity index (χ1n) is 6.08. The van der Waals surface area contributed by atoms with Crippen LogP contribution in [0, 0.1) is 0 Å². The van der Waals surface area contributed by atoms with Gasteiger partial charge in [-0.05, 0) is 31.5 Å². The van der Waals surface area contributed by atoms with Gasteiger partial charge in [-0.15, -0.1) is 24.0 Å². The van der Waals surface area contributed by atoms with Crippen LogP contribution in [0.25, 0.3) is 0 Å². The Labute approximate surface area is 131 Å². The van der Waals surface area contributed by atoms with Crippen molar-refractivity contribution in [3.05, 3.63) is 35.4 Å². The van der Waals surface area contributed by atoms with Crippen molar-refractivity contribution in [3.63, 3.8) is 0 Å². The number of amides is 1. The SMILES string of the molecule is CCNC(=NCc1ccc(C(N)=O)cc1)NCC.I. The van der Waals surface area contributed by atoms with Gasteiger partial charge in [-0.2, -0.15) is 0 Å². The van der Waals surface area contributed by atoms with Gasteiger partial charge in [0.1, 0.15) is 0 Å². The van der Waals surface area contributed by atoms with Crippen LogP contribution in [0.15, 0.2) is 29.3 Å². The summed E-state index contributed by atoms with van der Waals surface area (Å²) < 4.78 is 0. The van der Waals surface area contributed by atoms with E-state index in [1.54, 1.807) is 12.1 Å². The average molecular weight is 376 g/mol. The number of halogens is 1. The zero-order chi connectivity index (χ0) is 13.4. The van der Waals surface area contributed by atoms with Gasteiger partial charge in [-0.1, -0.05) is 12.1 Å². The van der Waals surface area contributed by atoms with Crippen molar-refractivity contribution in [2.75, 3.05) is 13.1 Å². The van der Waals surface area contributed by atoms with Gasteiger partial charge < -0.3 is 16.4 Å². The van der Waals surface area contributed by atoms with Crippen molar-refractivity contribution in [1.29, 1.82) is 0 Å². The number of aliphatic imine (C=N–C) groups is 1. The van der Waals surface area contributed by atoms with Crippen molar-refractivity contribution in [2.45, 2.75) is 20.4 Å². The summed E-state index contributed by atoms with van der Waals surface area (Å²) in [7, 11) is 0. The fourth-order valence-electron chi connectivity index (χ4n) is 1.45. The van der Waals surface area contributed by atoms with E-state index in [2.05, 4.69) is 15.6 Å². The molecule has 1 amide bonds. The van der Waals surface area contributed by atoms with E-state index >= 15 is 0 Å². The first kappa shape index (κ1) is 17.7. The molecule has 106 valence electrons. The van der Waals surface area contributed by atoms with Crippen LogP contribution in [0.4, 0.5) is 0 Å². The van der Waals surface area contributed by atoms with E-state index < -0.39 is 5.91 Å². The number of hydrogen-bond acceptors (Lipinski definition) is 2. The Morgan fingerprint density at radius 3 is 2.11 bits per heavy atom. The summed E-state index contributed by atoms with van der Waals surface area (Å²) in [4.78, 5) is 15.3. The summed E-state index contributed by atoms with van der Waals surface area (Å²) in [6, 6.07) is 7.15. The number of guanidine groups is 1. The lowest BCUT2D eigenvalue weighted by Crippen LogP contribution is -2.36. The van der Waals surface area contributed by atoms with Gasteiger partial charge in [0.25, 0.3) is 0 Å². The number of nitrogens with zero attached hydrogens (tertiary/aromatic N) is 1. The van der Waals surface area contributed by atoms with Gasteiger partial charge in [0.2, 0.25) is 5.91 Å². The molecule has 0 atom stereocenters. The topological polar surface area (TPSA) is 79.5 Å². The van der Waals surface area contributed by atoms with Gasteiger partial charge in [0.05, 0.1) is 6.54 Å². The molecule has 0 aliphatic rings. The van der Waals surface area contributed by atoms with Crippen LogP contribution in [-0.4, -0.2) is 25.0 Å². The molecule has 0 unspecified atom stereocenters. The molecule has 0 saturated carbocycles. The summed E-state index contributed by atoms with van der Waals surface area (Å²) >= 11 is 0.